The van der Waals surface area contributed by atoms with Crippen LogP contribution in [0.2, 0.25) is 0 Å². The van der Waals surface area contributed by atoms with Gasteiger partial charge in [0.2, 0.25) is 11.8 Å². The van der Waals surface area contributed by atoms with E-state index in [1.807, 2.05) is 0 Å². The fraction of sp³-hybridized carbons (Fsp3) is 0.600. The van der Waals surface area contributed by atoms with Crippen molar-refractivity contribution in [3.8, 4) is 17.1 Å². The first-order valence-corrected chi connectivity index (χ1v) is 12.7. The van der Waals surface area contributed by atoms with Gasteiger partial charge in [0.05, 0.1) is 25.1 Å². The lowest BCUT2D eigenvalue weighted by Crippen LogP contribution is -2.60. The fourth-order valence-corrected chi connectivity index (χ4v) is 5.72. The van der Waals surface area contributed by atoms with E-state index < -0.39 is 54.0 Å². The third-order valence-electron chi connectivity index (χ3n) is 8.24. The molecule has 4 atom stereocenters. The Balaban J connectivity index is 1.21. The van der Waals surface area contributed by atoms with Crippen LogP contribution in [0.4, 0.5) is 17.6 Å². The second kappa shape index (κ2) is 9.73. The van der Waals surface area contributed by atoms with E-state index in [9.17, 15) is 37.4 Å². The molecule has 1 spiro atoms. The molecule has 3 heterocycles. The molecule has 3 fully saturated rings. The van der Waals surface area contributed by atoms with Gasteiger partial charge in [0.1, 0.15) is 5.69 Å². The lowest BCUT2D eigenvalue weighted by molar-refractivity contribution is -0.300. The molecule has 2 aromatic rings. The number of rotatable bonds is 5. The number of aromatic amines is 1. The van der Waals surface area contributed by atoms with Gasteiger partial charge in [-0.15, -0.1) is 0 Å². The Bertz CT molecular complexity index is 1270. The number of nitrogens with zero attached hydrogens (tertiary/aromatic N) is 3. The summed E-state index contributed by atoms with van der Waals surface area (Å²) in [5.41, 5.74) is -3.20. The van der Waals surface area contributed by atoms with Gasteiger partial charge < -0.3 is 25.2 Å². The number of methoxy groups -OCH3 is 1. The molecule has 5 rings (SSSR count). The zero-order chi connectivity index (χ0) is 28.2. The number of carbonyl (C=O) groups excluding carboxylic acids is 2. The number of aliphatic hydroxyl groups excluding tert-OH is 1. The van der Waals surface area contributed by atoms with Crippen molar-refractivity contribution in [2.24, 2.45) is 5.92 Å². The SMILES string of the molecule is COc1cc(-c2cc(C(=O)N3CCC(C(=O)N[C@H]4CC[C@@](O)(C(F)(F)F)[C@H](O)C4)CC34CC4)[nH]n2)c(F)cn1. The number of aromatic nitrogens is 3. The van der Waals surface area contributed by atoms with Crippen molar-refractivity contribution >= 4 is 11.8 Å². The number of carbonyl (C=O) groups is 2. The van der Waals surface area contributed by atoms with E-state index in [2.05, 4.69) is 20.5 Å². The van der Waals surface area contributed by atoms with Gasteiger partial charge in [-0.25, -0.2) is 9.37 Å². The highest BCUT2D eigenvalue weighted by Gasteiger charge is 2.60. The number of ether oxygens (including phenoxy) is 1. The van der Waals surface area contributed by atoms with Crippen LogP contribution in [-0.4, -0.2) is 85.2 Å². The second-order valence-corrected chi connectivity index (χ2v) is 10.7. The van der Waals surface area contributed by atoms with Gasteiger partial charge in [-0.3, -0.25) is 14.7 Å². The third-order valence-corrected chi connectivity index (χ3v) is 8.24. The number of amides is 2. The fourth-order valence-electron chi connectivity index (χ4n) is 5.72. The Labute approximate surface area is 220 Å². The Morgan fingerprint density at radius 3 is 2.62 bits per heavy atom. The summed E-state index contributed by atoms with van der Waals surface area (Å²) in [5.74, 6) is -1.55. The van der Waals surface area contributed by atoms with Crippen molar-refractivity contribution in [1.29, 1.82) is 0 Å². The van der Waals surface area contributed by atoms with Crippen LogP contribution < -0.4 is 10.1 Å². The van der Waals surface area contributed by atoms with E-state index in [4.69, 9.17) is 4.74 Å². The van der Waals surface area contributed by atoms with Crippen molar-refractivity contribution in [3.05, 3.63) is 29.8 Å². The molecule has 2 saturated carbocycles. The van der Waals surface area contributed by atoms with Crippen LogP contribution in [0.5, 0.6) is 5.88 Å². The summed E-state index contributed by atoms with van der Waals surface area (Å²) in [6.45, 7) is 0.282. The van der Waals surface area contributed by atoms with Gasteiger partial charge in [0, 0.05) is 35.7 Å². The Hall–Kier alpha value is -3.26. The molecule has 2 aromatic heterocycles. The van der Waals surface area contributed by atoms with Gasteiger partial charge in [-0.05, 0) is 51.0 Å². The Morgan fingerprint density at radius 1 is 1.23 bits per heavy atom. The van der Waals surface area contributed by atoms with Crippen LogP contribution in [0.1, 0.15) is 55.4 Å². The number of pyridine rings is 1. The Morgan fingerprint density at radius 2 is 1.97 bits per heavy atom. The number of H-pyrrole nitrogens is 1. The molecule has 2 amide bonds. The second-order valence-electron chi connectivity index (χ2n) is 10.7. The summed E-state index contributed by atoms with van der Waals surface area (Å²) < 4.78 is 58.8. The number of aliphatic hydroxyl groups is 2. The molecule has 3 aliphatic rings. The number of piperidine rings is 1. The topological polar surface area (TPSA) is 141 Å². The molecule has 2 aliphatic carbocycles. The minimum Gasteiger partial charge on any atom is -0.481 e. The first-order chi connectivity index (χ1) is 18.4. The van der Waals surface area contributed by atoms with Gasteiger partial charge in [-0.1, -0.05) is 0 Å². The predicted molar refractivity (Wildman–Crippen MR) is 127 cm³/mol. The summed E-state index contributed by atoms with van der Waals surface area (Å²) in [6, 6.07) is 2.13. The lowest BCUT2D eigenvalue weighted by Gasteiger charge is -2.42. The Kier molecular flexibility index (Phi) is 6.82. The van der Waals surface area contributed by atoms with Crippen LogP contribution in [0.3, 0.4) is 0 Å². The summed E-state index contributed by atoms with van der Waals surface area (Å²) in [7, 11) is 1.40. The number of alkyl halides is 3. The van der Waals surface area contributed by atoms with Crippen molar-refractivity contribution in [3.63, 3.8) is 0 Å². The van der Waals surface area contributed by atoms with Crippen LogP contribution in [-0.2, 0) is 4.79 Å². The molecule has 1 aliphatic heterocycles. The minimum atomic E-state index is -4.96. The molecule has 0 radical (unpaired) electrons. The number of halogens is 4. The van der Waals surface area contributed by atoms with Crippen LogP contribution in [0.25, 0.3) is 11.3 Å². The highest BCUT2D eigenvalue weighted by Crippen LogP contribution is 2.50. The van der Waals surface area contributed by atoms with E-state index in [0.717, 1.165) is 6.20 Å². The van der Waals surface area contributed by atoms with E-state index in [-0.39, 0.29) is 47.6 Å². The van der Waals surface area contributed by atoms with Gasteiger partial charge in [0.15, 0.2) is 11.4 Å². The van der Waals surface area contributed by atoms with Gasteiger partial charge >= 0.3 is 6.18 Å². The van der Waals surface area contributed by atoms with E-state index >= 15 is 0 Å². The largest absolute Gasteiger partial charge is 0.481 e. The van der Waals surface area contributed by atoms with Crippen molar-refractivity contribution < 1.29 is 42.1 Å². The lowest BCUT2D eigenvalue weighted by atomic mass is 9.78. The maximum atomic E-state index is 14.3. The molecule has 14 heteroatoms. The number of hydrogen-bond donors (Lipinski definition) is 4. The third kappa shape index (κ3) is 4.95. The van der Waals surface area contributed by atoms with E-state index in [1.165, 1.54) is 19.2 Å². The maximum absolute atomic E-state index is 14.3. The quantitative estimate of drug-likeness (QED) is 0.415. The summed E-state index contributed by atoms with van der Waals surface area (Å²) >= 11 is 0. The van der Waals surface area contributed by atoms with Crippen molar-refractivity contribution in [2.45, 2.75) is 74.4 Å². The van der Waals surface area contributed by atoms with Gasteiger partial charge in [0.25, 0.3) is 5.91 Å². The first kappa shape index (κ1) is 27.3. The molecular weight excluding hydrogens is 526 g/mol. The molecule has 10 nitrogen and oxygen atoms in total. The van der Waals surface area contributed by atoms with E-state index in [1.54, 1.807) is 4.90 Å². The van der Waals surface area contributed by atoms with E-state index in [0.29, 0.717) is 25.7 Å². The highest BCUT2D eigenvalue weighted by atomic mass is 19.4. The average molecular weight is 556 g/mol. The zero-order valence-corrected chi connectivity index (χ0v) is 21.1. The molecule has 0 bridgehead atoms. The summed E-state index contributed by atoms with van der Waals surface area (Å²) in [6.07, 6.45) is -5.10. The van der Waals surface area contributed by atoms with Crippen LogP contribution >= 0.6 is 0 Å². The zero-order valence-electron chi connectivity index (χ0n) is 21.1. The molecular formula is C25H29F4N5O5. The smallest absolute Gasteiger partial charge is 0.419 e. The highest BCUT2D eigenvalue weighted by molar-refractivity contribution is 5.94. The number of hydrogen-bond acceptors (Lipinski definition) is 7. The molecule has 1 unspecified atom stereocenters. The normalized spacial score (nSPS) is 28.3. The van der Waals surface area contributed by atoms with Crippen molar-refractivity contribution in [2.75, 3.05) is 13.7 Å². The van der Waals surface area contributed by atoms with Crippen molar-refractivity contribution in [1.82, 2.24) is 25.4 Å². The monoisotopic (exact) mass is 555 g/mol. The molecule has 0 aromatic carbocycles. The molecule has 4 N–H and O–H groups in total. The standard InChI is InChI=1S/C25H29F4N5O5/c1-39-20-9-15(16(26)12-30-20)17-10-18(33-32-17)22(37)34-7-3-13(11-23(34)5-6-23)21(36)31-14-2-4-24(38,19(35)8-14)25(27,28)29/h9-10,12-14,19,35,38H,2-8,11H2,1H3,(H,31,36)(H,32,33)/t13?,14-,19+,24-/m0/s1. The molecule has 1 saturated heterocycles. The maximum Gasteiger partial charge on any atom is 0.419 e. The first-order valence-electron chi connectivity index (χ1n) is 12.7. The minimum absolute atomic E-state index is 0.118. The summed E-state index contributed by atoms with van der Waals surface area (Å²) in [5, 5.41) is 29.3. The van der Waals surface area contributed by atoms with Crippen LogP contribution in [0, 0.1) is 11.7 Å². The van der Waals surface area contributed by atoms with Gasteiger partial charge in [-0.2, -0.15) is 18.3 Å². The predicted octanol–water partition coefficient (Wildman–Crippen LogP) is 2.33. The van der Waals surface area contributed by atoms with Crippen LogP contribution in [0.15, 0.2) is 18.3 Å². The molecule has 212 valence electrons. The summed E-state index contributed by atoms with van der Waals surface area (Å²) in [4.78, 5) is 31.8. The number of likely N-dealkylation sites (tertiary alicyclic amines) is 1. The average Bonchev–Trinajstić information content (AvgIpc) is 3.46. The number of nitrogens with one attached hydrogen (secondary N) is 2. The molecule has 39 heavy (non-hydrogen) atoms.